The number of unbranched alkanes of at least 4 members (excludes halogenated alkanes) is 10. The number of rotatable bonds is 19. The van der Waals surface area contributed by atoms with Crippen LogP contribution in [0, 0.1) is 0 Å². The Morgan fingerprint density at radius 2 is 1.23 bits per heavy atom. The Morgan fingerprint density at radius 3 is 1.88 bits per heavy atom. The van der Waals surface area contributed by atoms with Gasteiger partial charge < -0.3 is 4.18 Å². The molecule has 0 fully saturated rings. The van der Waals surface area contributed by atoms with Crippen molar-refractivity contribution in [2.24, 2.45) is 0 Å². The van der Waals surface area contributed by atoms with Crippen LogP contribution in [0.15, 0.2) is 65.1 Å². The fourth-order valence-electron chi connectivity index (χ4n) is 6.78. The van der Waals surface area contributed by atoms with Gasteiger partial charge in [-0.25, -0.2) is 4.18 Å². The predicted octanol–water partition coefficient (Wildman–Crippen LogP) is 11.5. The van der Waals surface area contributed by atoms with E-state index >= 15 is 0 Å². The Hall–Kier alpha value is -2.15. The van der Waals surface area contributed by atoms with Gasteiger partial charge in [0.25, 0.3) is 0 Å². The maximum Gasteiger partial charge on any atom is 0.449 e. The van der Waals surface area contributed by atoms with Crippen molar-refractivity contribution in [3.8, 4) is 28.0 Å². The number of halogens is 1. The van der Waals surface area contributed by atoms with E-state index in [-0.39, 0.29) is 17.8 Å². The topological polar surface area (TPSA) is 52.6 Å². The Bertz CT molecular complexity index is 1420. The summed E-state index contributed by atoms with van der Waals surface area (Å²) < 4.78 is 36.1. The van der Waals surface area contributed by atoms with Gasteiger partial charge in [0.15, 0.2) is 5.75 Å². The summed E-state index contributed by atoms with van der Waals surface area (Å²) in [4.78, 5) is 0. The van der Waals surface area contributed by atoms with Crippen LogP contribution in [0.5, 0.6) is 5.75 Å². The van der Waals surface area contributed by atoms with Gasteiger partial charge in [-0.2, -0.15) is 8.42 Å². The van der Waals surface area contributed by atoms with Crippen LogP contribution in [-0.2, 0) is 20.0 Å². The van der Waals surface area contributed by atoms with Gasteiger partial charge in [0, 0.05) is 15.5 Å². The Balaban J connectivity index is 1.74. The van der Waals surface area contributed by atoms with Gasteiger partial charge in [0.2, 0.25) is 0 Å². The van der Waals surface area contributed by atoms with Gasteiger partial charge in [-0.3, -0.25) is 0 Å². The molecule has 0 radical (unpaired) electrons. The van der Waals surface area contributed by atoms with E-state index in [9.17, 15) is 8.42 Å². The molecule has 0 unspecified atom stereocenters. The molecular weight excluding hydrogens is 620 g/mol. The fourth-order valence-corrected chi connectivity index (χ4v) is 7.82. The number of hydrogen-bond acceptors (Lipinski definition) is 4. The molecule has 6 heteroatoms. The molecule has 0 saturated heterocycles. The summed E-state index contributed by atoms with van der Waals surface area (Å²) in [5, 5.41) is 0. The molecular formula is C37H49BrO4S. The van der Waals surface area contributed by atoms with Crippen LogP contribution in [0.3, 0.4) is 0 Å². The second kappa shape index (κ2) is 16.2. The van der Waals surface area contributed by atoms with E-state index in [4.69, 9.17) is 8.37 Å². The molecule has 0 N–H and O–H groups in total. The van der Waals surface area contributed by atoms with Crippen molar-refractivity contribution in [2.45, 2.75) is 116 Å². The molecule has 0 aromatic heterocycles. The van der Waals surface area contributed by atoms with Crippen molar-refractivity contribution >= 4 is 26.3 Å². The summed E-state index contributed by atoms with van der Waals surface area (Å²) >= 11 is 3.49. The summed E-state index contributed by atoms with van der Waals surface area (Å²) in [6.45, 7) is 6.19. The first-order chi connectivity index (χ1) is 20.8. The number of hydrogen-bond donors (Lipinski definition) is 0. The Morgan fingerprint density at radius 1 is 0.651 bits per heavy atom. The average Bonchev–Trinajstić information content (AvgIpc) is 3.25. The van der Waals surface area contributed by atoms with E-state index in [0.29, 0.717) is 0 Å². The molecule has 3 aromatic rings. The fraction of sp³-hybridized carbons (Fsp3) is 0.514. The van der Waals surface area contributed by atoms with Crippen molar-refractivity contribution in [1.29, 1.82) is 0 Å². The van der Waals surface area contributed by atoms with Crippen molar-refractivity contribution in [2.75, 3.05) is 6.61 Å². The lowest BCUT2D eigenvalue weighted by Crippen LogP contribution is -2.25. The molecule has 0 atom stereocenters. The maximum atomic E-state index is 12.5. The van der Waals surface area contributed by atoms with Gasteiger partial charge in [-0.1, -0.05) is 143 Å². The molecule has 1 aliphatic carbocycles. The quantitative estimate of drug-likeness (QED) is 0.119. The molecule has 0 aliphatic heterocycles. The van der Waals surface area contributed by atoms with Crippen LogP contribution < -0.4 is 4.18 Å². The van der Waals surface area contributed by atoms with E-state index < -0.39 is 10.4 Å². The lowest BCUT2D eigenvalue weighted by atomic mass is 9.70. The standard InChI is InChI=1S/C37H49BrO4S/c1-4-7-9-11-13-17-25-37(26-18-14-12-10-8-5-2)34-20-16-15-19-32(34)33-23-21-29(27-35(33)37)31-24-22-30(38)28-36(31)42-43(39,40)41-6-3/h15-16,19-24,27-28H,4-14,17-18,25-26H2,1-3H3. The summed E-state index contributed by atoms with van der Waals surface area (Å²) in [5.74, 6) is 0.260. The minimum atomic E-state index is -4.17. The van der Waals surface area contributed by atoms with Crippen LogP contribution in [0.25, 0.3) is 22.3 Å². The van der Waals surface area contributed by atoms with Crippen LogP contribution in [0.1, 0.15) is 122 Å². The van der Waals surface area contributed by atoms with Crippen LogP contribution in [0.4, 0.5) is 0 Å². The summed E-state index contributed by atoms with van der Waals surface area (Å²) in [6, 6.07) is 21.2. The normalized spacial score (nSPS) is 13.6. The van der Waals surface area contributed by atoms with Crippen molar-refractivity contribution in [3.05, 3.63) is 76.3 Å². The molecule has 0 bridgehead atoms. The zero-order valence-electron chi connectivity index (χ0n) is 26.3. The van der Waals surface area contributed by atoms with E-state index in [2.05, 4.69) is 72.2 Å². The van der Waals surface area contributed by atoms with Gasteiger partial charge in [-0.05, 0) is 71.8 Å². The third-order valence-electron chi connectivity index (χ3n) is 8.89. The molecule has 0 amide bonds. The minimum Gasteiger partial charge on any atom is -0.361 e. The smallest absolute Gasteiger partial charge is 0.361 e. The highest BCUT2D eigenvalue weighted by Crippen LogP contribution is 2.55. The molecule has 4 nitrogen and oxygen atoms in total. The zero-order valence-corrected chi connectivity index (χ0v) is 28.7. The lowest BCUT2D eigenvalue weighted by Gasteiger charge is -2.33. The largest absolute Gasteiger partial charge is 0.449 e. The number of fused-ring (bicyclic) bond motifs is 3. The molecule has 1 aliphatic rings. The second-order valence-corrected chi connectivity index (χ2v) is 14.1. The van der Waals surface area contributed by atoms with Gasteiger partial charge >= 0.3 is 10.4 Å². The van der Waals surface area contributed by atoms with Crippen LogP contribution >= 0.6 is 15.9 Å². The Kier molecular flexibility index (Phi) is 12.7. The van der Waals surface area contributed by atoms with Gasteiger partial charge in [-0.15, -0.1) is 0 Å². The predicted molar refractivity (Wildman–Crippen MR) is 183 cm³/mol. The molecule has 4 rings (SSSR count). The molecule has 3 aromatic carbocycles. The highest BCUT2D eigenvalue weighted by atomic mass is 79.9. The molecule has 234 valence electrons. The first-order valence-electron chi connectivity index (χ1n) is 16.5. The Labute approximate surface area is 269 Å². The first-order valence-corrected chi connectivity index (χ1v) is 18.6. The highest BCUT2D eigenvalue weighted by Gasteiger charge is 2.42. The monoisotopic (exact) mass is 668 g/mol. The minimum absolute atomic E-state index is 0.0161. The number of benzene rings is 3. The van der Waals surface area contributed by atoms with Gasteiger partial charge in [0.05, 0.1) is 6.61 Å². The van der Waals surface area contributed by atoms with Gasteiger partial charge in [0.1, 0.15) is 0 Å². The van der Waals surface area contributed by atoms with E-state index in [1.54, 1.807) is 13.0 Å². The summed E-state index contributed by atoms with van der Waals surface area (Å²) in [5.41, 5.74) is 7.11. The zero-order chi connectivity index (χ0) is 30.7. The van der Waals surface area contributed by atoms with Crippen LogP contribution in [-0.4, -0.2) is 15.0 Å². The SMILES string of the molecule is CCCCCCCCC1(CCCCCCCC)c2ccccc2-c2ccc(-c3ccc(Br)cc3OS(=O)(=O)OCC)cc21. The lowest BCUT2D eigenvalue weighted by molar-refractivity contribution is 0.288. The first kappa shape index (κ1) is 33.7. The summed E-state index contributed by atoms with van der Waals surface area (Å²) in [6.07, 6.45) is 17.6. The average molecular weight is 670 g/mol. The third-order valence-corrected chi connectivity index (χ3v) is 10.3. The third kappa shape index (κ3) is 8.52. The molecule has 0 heterocycles. The van der Waals surface area contributed by atoms with E-state index in [1.807, 2.05) is 12.1 Å². The second-order valence-electron chi connectivity index (χ2n) is 12.0. The van der Waals surface area contributed by atoms with E-state index in [1.165, 1.54) is 99.3 Å². The highest BCUT2D eigenvalue weighted by molar-refractivity contribution is 9.10. The molecule has 43 heavy (non-hydrogen) atoms. The van der Waals surface area contributed by atoms with Crippen molar-refractivity contribution in [1.82, 2.24) is 0 Å². The van der Waals surface area contributed by atoms with E-state index in [0.717, 1.165) is 28.4 Å². The molecule has 0 spiro atoms. The van der Waals surface area contributed by atoms with Crippen LogP contribution in [0.2, 0.25) is 0 Å². The summed E-state index contributed by atoms with van der Waals surface area (Å²) in [7, 11) is -4.17. The molecule has 0 saturated carbocycles. The van der Waals surface area contributed by atoms with Crippen molar-refractivity contribution in [3.63, 3.8) is 0 Å². The maximum absolute atomic E-state index is 12.5. The van der Waals surface area contributed by atoms with Crippen molar-refractivity contribution < 1.29 is 16.8 Å².